The first-order valence-corrected chi connectivity index (χ1v) is 5.52. The van der Waals surface area contributed by atoms with Crippen molar-refractivity contribution in [3.8, 4) is 0 Å². The monoisotopic (exact) mass is 215 g/mol. The highest BCUT2D eigenvalue weighted by Gasteiger charge is 2.31. The Bertz CT molecular complexity index is 222. The van der Waals surface area contributed by atoms with Crippen molar-refractivity contribution >= 4 is 5.97 Å². The number of aliphatic hydroxyl groups excluding tert-OH is 1. The second kappa shape index (κ2) is 4.94. The maximum absolute atomic E-state index is 11.7. The van der Waals surface area contributed by atoms with Crippen molar-refractivity contribution in [2.75, 3.05) is 6.61 Å². The summed E-state index contributed by atoms with van der Waals surface area (Å²) in [6, 6.07) is 0.0632. The van der Waals surface area contributed by atoms with Crippen LogP contribution in [0.3, 0.4) is 0 Å². The molecular formula is C11H21NO3. The van der Waals surface area contributed by atoms with Gasteiger partial charge in [0.25, 0.3) is 0 Å². The Balaban J connectivity index is 2.37. The van der Waals surface area contributed by atoms with E-state index in [1.165, 1.54) is 0 Å². The van der Waals surface area contributed by atoms with E-state index in [-0.39, 0.29) is 24.7 Å². The summed E-state index contributed by atoms with van der Waals surface area (Å²) < 4.78 is 5.28. The first-order chi connectivity index (χ1) is 6.92. The number of hydrogen-bond donors (Lipinski definition) is 2. The van der Waals surface area contributed by atoms with E-state index in [0.29, 0.717) is 6.42 Å². The van der Waals surface area contributed by atoms with Gasteiger partial charge in [-0.15, -0.1) is 0 Å². The summed E-state index contributed by atoms with van der Waals surface area (Å²) >= 11 is 0. The zero-order chi connectivity index (χ0) is 11.5. The van der Waals surface area contributed by atoms with Crippen LogP contribution in [0.25, 0.3) is 0 Å². The van der Waals surface area contributed by atoms with Crippen LogP contribution in [-0.4, -0.2) is 35.4 Å². The van der Waals surface area contributed by atoms with Crippen LogP contribution in [0, 0.1) is 0 Å². The molecule has 1 saturated heterocycles. The van der Waals surface area contributed by atoms with Gasteiger partial charge in [0.15, 0.2) is 0 Å². The average molecular weight is 215 g/mol. The average Bonchev–Trinajstić information content (AvgIpc) is 2.50. The second-order valence-electron chi connectivity index (χ2n) is 5.04. The molecular weight excluding hydrogens is 194 g/mol. The molecule has 0 aromatic heterocycles. The molecule has 2 atom stereocenters. The van der Waals surface area contributed by atoms with Gasteiger partial charge in [0.2, 0.25) is 0 Å². The molecule has 1 rings (SSSR count). The first-order valence-electron chi connectivity index (χ1n) is 5.52. The fourth-order valence-electron chi connectivity index (χ4n) is 1.76. The number of nitrogens with one attached hydrogen (secondary N) is 1. The molecule has 0 radical (unpaired) electrons. The van der Waals surface area contributed by atoms with E-state index in [0.717, 1.165) is 12.8 Å². The molecule has 0 aromatic rings. The highest BCUT2D eigenvalue weighted by molar-refractivity contribution is 5.76. The smallest absolute Gasteiger partial charge is 0.323 e. The van der Waals surface area contributed by atoms with E-state index in [1.807, 2.05) is 20.8 Å². The van der Waals surface area contributed by atoms with E-state index in [9.17, 15) is 4.79 Å². The number of carbonyl (C=O) groups is 1. The van der Waals surface area contributed by atoms with Crippen LogP contribution < -0.4 is 5.32 Å². The van der Waals surface area contributed by atoms with Crippen molar-refractivity contribution in [2.24, 2.45) is 0 Å². The molecule has 0 saturated carbocycles. The van der Waals surface area contributed by atoms with Gasteiger partial charge in [0.1, 0.15) is 11.6 Å². The number of carbonyl (C=O) groups excluding carboxylic acids is 1. The third-order valence-corrected chi connectivity index (χ3v) is 2.41. The Labute approximate surface area is 91.0 Å². The van der Waals surface area contributed by atoms with Crippen LogP contribution in [-0.2, 0) is 9.53 Å². The number of aliphatic hydroxyl groups is 1. The van der Waals surface area contributed by atoms with Gasteiger partial charge in [0, 0.05) is 12.6 Å². The van der Waals surface area contributed by atoms with E-state index in [4.69, 9.17) is 9.84 Å². The predicted molar refractivity (Wildman–Crippen MR) is 57.5 cm³/mol. The van der Waals surface area contributed by atoms with Crippen molar-refractivity contribution in [1.29, 1.82) is 0 Å². The molecule has 1 heterocycles. The molecule has 4 nitrogen and oxygen atoms in total. The molecule has 1 aliphatic rings. The molecule has 0 spiro atoms. The van der Waals surface area contributed by atoms with Crippen molar-refractivity contribution in [3.63, 3.8) is 0 Å². The Hall–Kier alpha value is -0.610. The zero-order valence-electron chi connectivity index (χ0n) is 9.75. The fraction of sp³-hybridized carbons (Fsp3) is 0.909. The van der Waals surface area contributed by atoms with Gasteiger partial charge < -0.3 is 15.2 Å². The van der Waals surface area contributed by atoms with Crippen LogP contribution in [0.5, 0.6) is 0 Å². The van der Waals surface area contributed by atoms with E-state index >= 15 is 0 Å². The molecule has 4 heteroatoms. The quantitative estimate of drug-likeness (QED) is 0.685. The Morgan fingerprint density at radius 3 is 2.67 bits per heavy atom. The summed E-state index contributed by atoms with van der Waals surface area (Å²) in [6.07, 6.45) is 2.45. The van der Waals surface area contributed by atoms with E-state index in [1.54, 1.807) is 0 Å². The standard InChI is InChI=1S/C11H21NO3/c1-11(2,3)15-10(14)9-5-4-8(12-9)6-7-13/h8-9,12-13H,4-7H2,1-3H3/t8-,9+/m1/s1. The Morgan fingerprint density at radius 1 is 1.47 bits per heavy atom. The third kappa shape index (κ3) is 4.18. The summed E-state index contributed by atoms with van der Waals surface area (Å²) in [7, 11) is 0. The Kier molecular flexibility index (Phi) is 4.11. The highest BCUT2D eigenvalue weighted by atomic mass is 16.6. The van der Waals surface area contributed by atoms with Gasteiger partial charge in [-0.25, -0.2) is 0 Å². The van der Waals surface area contributed by atoms with Crippen molar-refractivity contribution < 1.29 is 14.6 Å². The third-order valence-electron chi connectivity index (χ3n) is 2.41. The van der Waals surface area contributed by atoms with Crippen LogP contribution in [0.15, 0.2) is 0 Å². The summed E-state index contributed by atoms with van der Waals surface area (Å²) in [4.78, 5) is 11.7. The lowest BCUT2D eigenvalue weighted by Gasteiger charge is -2.22. The van der Waals surface area contributed by atoms with E-state index in [2.05, 4.69) is 5.32 Å². The molecule has 1 aliphatic heterocycles. The van der Waals surface area contributed by atoms with Gasteiger partial charge in [-0.2, -0.15) is 0 Å². The van der Waals surface area contributed by atoms with Gasteiger partial charge in [-0.1, -0.05) is 0 Å². The molecule has 0 unspecified atom stereocenters. The number of hydrogen-bond acceptors (Lipinski definition) is 4. The normalized spacial score (nSPS) is 26.7. The number of ether oxygens (including phenoxy) is 1. The summed E-state index contributed by atoms with van der Waals surface area (Å²) in [6.45, 7) is 5.76. The maximum atomic E-state index is 11.7. The van der Waals surface area contributed by atoms with Gasteiger partial charge in [-0.3, -0.25) is 4.79 Å². The summed E-state index contributed by atoms with van der Waals surface area (Å²) in [5.74, 6) is -0.178. The molecule has 2 N–H and O–H groups in total. The van der Waals surface area contributed by atoms with Gasteiger partial charge in [0.05, 0.1) is 0 Å². The van der Waals surface area contributed by atoms with Crippen molar-refractivity contribution in [2.45, 2.75) is 57.7 Å². The minimum absolute atomic E-state index is 0.165. The van der Waals surface area contributed by atoms with Crippen molar-refractivity contribution in [1.82, 2.24) is 5.32 Å². The number of esters is 1. The molecule has 1 fully saturated rings. The fourth-order valence-corrected chi connectivity index (χ4v) is 1.76. The molecule has 0 amide bonds. The van der Waals surface area contributed by atoms with Crippen LogP contribution in [0.4, 0.5) is 0 Å². The largest absolute Gasteiger partial charge is 0.459 e. The molecule has 0 aromatic carbocycles. The molecule has 88 valence electrons. The lowest BCUT2D eigenvalue weighted by molar-refractivity contribution is -0.157. The minimum Gasteiger partial charge on any atom is -0.459 e. The molecule has 0 aliphatic carbocycles. The second-order valence-corrected chi connectivity index (χ2v) is 5.04. The van der Waals surface area contributed by atoms with Gasteiger partial charge in [-0.05, 0) is 40.0 Å². The summed E-state index contributed by atoms with van der Waals surface area (Å²) in [5, 5.41) is 12.0. The first kappa shape index (κ1) is 12.5. The highest BCUT2D eigenvalue weighted by Crippen LogP contribution is 2.18. The lowest BCUT2D eigenvalue weighted by atomic mass is 10.1. The lowest BCUT2D eigenvalue weighted by Crippen LogP contribution is -2.40. The predicted octanol–water partition coefficient (Wildman–Crippen LogP) is 0.831. The molecule has 15 heavy (non-hydrogen) atoms. The van der Waals surface area contributed by atoms with E-state index < -0.39 is 5.60 Å². The van der Waals surface area contributed by atoms with Crippen LogP contribution >= 0.6 is 0 Å². The van der Waals surface area contributed by atoms with Crippen molar-refractivity contribution in [3.05, 3.63) is 0 Å². The topological polar surface area (TPSA) is 58.6 Å². The SMILES string of the molecule is CC(C)(C)OC(=O)[C@@H]1CC[C@H](CCO)N1. The number of rotatable bonds is 3. The van der Waals surface area contributed by atoms with Crippen LogP contribution in [0.2, 0.25) is 0 Å². The van der Waals surface area contributed by atoms with Crippen LogP contribution in [0.1, 0.15) is 40.0 Å². The molecule has 0 bridgehead atoms. The maximum Gasteiger partial charge on any atom is 0.323 e. The zero-order valence-corrected chi connectivity index (χ0v) is 9.75. The van der Waals surface area contributed by atoms with Gasteiger partial charge >= 0.3 is 5.97 Å². The Morgan fingerprint density at radius 2 is 2.13 bits per heavy atom. The minimum atomic E-state index is -0.423. The summed E-state index contributed by atoms with van der Waals surface area (Å²) in [5.41, 5.74) is -0.423.